The largest absolute Gasteiger partial charge is 0.480 e. The van der Waals surface area contributed by atoms with Crippen LogP contribution in [0.5, 0.6) is 0 Å². The van der Waals surface area contributed by atoms with E-state index in [0.717, 1.165) is 4.90 Å². The molecule has 0 atom stereocenters. The molecule has 0 spiro atoms. The molecule has 0 aliphatic carbocycles. The molecule has 0 aromatic heterocycles. The Labute approximate surface area is 107 Å². The maximum Gasteiger partial charge on any atom is 0.323 e. The SMILES string of the molecule is CC(C)N(CC(=O)O)C(=O)c1c(F)cc(F)cc1F. The Balaban J connectivity index is 3.20. The fraction of sp³-hybridized carbons (Fsp3) is 0.333. The number of nitrogens with zero attached hydrogens (tertiary/aromatic N) is 1. The van der Waals surface area contributed by atoms with Crippen LogP contribution in [0.1, 0.15) is 24.2 Å². The third-order valence-electron chi connectivity index (χ3n) is 2.41. The average molecular weight is 275 g/mol. The quantitative estimate of drug-likeness (QED) is 0.914. The maximum absolute atomic E-state index is 13.4. The Morgan fingerprint density at radius 3 is 2.05 bits per heavy atom. The molecule has 0 aliphatic rings. The standard InChI is InChI=1S/C12H12F3NO3/c1-6(2)16(5-10(17)18)12(19)11-8(14)3-7(13)4-9(11)15/h3-4,6H,5H2,1-2H3,(H,17,18). The molecular formula is C12H12F3NO3. The van der Waals surface area contributed by atoms with Crippen molar-refractivity contribution in [3.63, 3.8) is 0 Å². The molecule has 0 fully saturated rings. The number of halogens is 3. The topological polar surface area (TPSA) is 57.6 Å². The van der Waals surface area contributed by atoms with Crippen molar-refractivity contribution in [3.05, 3.63) is 35.1 Å². The molecule has 0 heterocycles. The van der Waals surface area contributed by atoms with Crippen LogP contribution in [0.15, 0.2) is 12.1 Å². The van der Waals surface area contributed by atoms with Gasteiger partial charge >= 0.3 is 5.97 Å². The zero-order valence-electron chi connectivity index (χ0n) is 10.3. The number of rotatable bonds is 4. The van der Waals surface area contributed by atoms with Crippen molar-refractivity contribution in [2.24, 2.45) is 0 Å². The highest BCUT2D eigenvalue weighted by Gasteiger charge is 2.27. The van der Waals surface area contributed by atoms with E-state index in [1.165, 1.54) is 13.8 Å². The van der Waals surface area contributed by atoms with Gasteiger partial charge in [0, 0.05) is 18.2 Å². The van der Waals surface area contributed by atoms with Gasteiger partial charge < -0.3 is 10.0 Å². The molecule has 19 heavy (non-hydrogen) atoms. The summed E-state index contributed by atoms with van der Waals surface area (Å²) in [5.41, 5.74) is -0.962. The summed E-state index contributed by atoms with van der Waals surface area (Å²) in [6, 6.07) is 0.165. The van der Waals surface area contributed by atoms with Gasteiger partial charge in [-0.2, -0.15) is 0 Å². The number of aliphatic carboxylic acids is 1. The Kier molecular flexibility index (Phi) is 4.52. The summed E-state index contributed by atoms with van der Waals surface area (Å²) in [6.07, 6.45) is 0. The van der Waals surface area contributed by atoms with E-state index in [4.69, 9.17) is 5.11 Å². The van der Waals surface area contributed by atoms with Crippen LogP contribution in [0.25, 0.3) is 0 Å². The third kappa shape index (κ3) is 3.46. The van der Waals surface area contributed by atoms with E-state index >= 15 is 0 Å². The van der Waals surface area contributed by atoms with Crippen molar-refractivity contribution in [2.75, 3.05) is 6.54 Å². The minimum atomic E-state index is -1.36. The van der Waals surface area contributed by atoms with Crippen LogP contribution in [0.2, 0.25) is 0 Å². The second kappa shape index (κ2) is 5.73. The molecule has 0 unspecified atom stereocenters. The van der Waals surface area contributed by atoms with Gasteiger partial charge in [-0.3, -0.25) is 9.59 Å². The van der Waals surface area contributed by atoms with Gasteiger partial charge in [0.05, 0.1) is 0 Å². The lowest BCUT2D eigenvalue weighted by atomic mass is 10.1. The van der Waals surface area contributed by atoms with Crippen LogP contribution in [0.4, 0.5) is 13.2 Å². The van der Waals surface area contributed by atoms with Gasteiger partial charge in [0.25, 0.3) is 5.91 Å². The molecule has 0 bridgehead atoms. The lowest BCUT2D eigenvalue weighted by molar-refractivity contribution is -0.138. The van der Waals surface area contributed by atoms with E-state index in [9.17, 15) is 22.8 Å². The number of hydrogen-bond acceptors (Lipinski definition) is 2. The highest BCUT2D eigenvalue weighted by molar-refractivity contribution is 5.96. The molecule has 104 valence electrons. The summed E-state index contributed by atoms with van der Waals surface area (Å²) < 4.78 is 39.6. The minimum absolute atomic E-state index is 0.371. The maximum atomic E-state index is 13.4. The normalized spacial score (nSPS) is 10.6. The van der Waals surface area contributed by atoms with Crippen LogP contribution in [-0.4, -0.2) is 34.5 Å². The van der Waals surface area contributed by atoms with Crippen LogP contribution < -0.4 is 0 Å². The van der Waals surface area contributed by atoms with Crippen molar-refractivity contribution in [1.29, 1.82) is 0 Å². The number of hydrogen-bond donors (Lipinski definition) is 1. The van der Waals surface area contributed by atoms with Crippen LogP contribution in [-0.2, 0) is 4.79 Å². The van der Waals surface area contributed by atoms with Gasteiger partial charge in [0.2, 0.25) is 0 Å². The smallest absolute Gasteiger partial charge is 0.323 e. The summed E-state index contributed by atoms with van der Waals surface area (Å²) in [4.78, 5) is 23.3. The molecule has 7 heteroatoms. The second-order valence-corrected chi connectivity index (χ2v) is 4.16. The summed E-state index contributed by atoms with van der Waals surface area (Å²) in [5, 5.41) is 8.67. The van der Waals surface area contributed by atoms with Crippen molar-refractivity contribution < 1.29 is 27.9 Å². The highest BCUT2D eigenvalue weighted by Crippen LogP contribution is 2.18. The summed E-state index contributed by atoms with van der Waals surface area (Å²) >= 11 is 0. The average Bonchev–Trinajstić information content (AvgIpc) is 2.23. The fourth-order valence-electron chi connectivity index (χ4n) is 1.52. The fourth-order valence-corrected chi connectivity index (χ4v) is 1.52. The van der Waals surface area contributed by atoms with Gasteiger partial charge in [0.15, 0.2) is 0 Å². The first-order valence-electron chi connectivity index (χ1n) is 5.41. The number of amides is 1. The Morgan fingerprint density at radius 2 is 1.68 bits per heavy atom. The van der Waals surface area contributed by atoms with E-state index in [0.29, 0.717) is 12.1 Å². The third-order valence-corrected chi connectivity index (χ3v) is 2.41. The number of carboxylic acid groups (broad SMARTS) is 1. The van der Waals surface area contributed by atoms with Gasteiger partial charge in [-0.25, -0.2) is 13.2 Å². The second-order valence-electron chi connectivity index (χ2n) is 4.16. The predicted molar refractivity (Wildman–Crippen MR) is 60.1 cm³/mol. The first kappa shape index (κ1) is 15.0. The monoisotopic (exact) mass is 275 g/mol. The summed E-state index contributed by atoms with van der Waals surface area (Å²) in [6.45, 7) is 2.30. The Bertz CT molecular complexity index is 494. The number of carbonyl (C=O) groups excluding carboxylic acids is 1. The van der Waals surface area contributed by atoms with Gasteiger partial charge in [0.1, 0.15) is 29.6 Å². The molecule has 0 radical (unpaired) electrons. The molecule has 1 rings (SSSR count). The predicted octanol–water partition coefficient (Wildman–Crippen LogP) is 2.04. The van der Waals surface area contributed by atoms with E-state index in [1.54, 1.807) is 0 Å². The molecule has 4 nitrogen and oxygen atoms in total. The Morgan fingerprint density at radius 1 is 1.21 bits per heavy atom. The summed E-state index contributed by atoms with van der Waals surface area (Å²) in [7, 11) is 0. The zero-order valence-corrected chi connectivity index (χ0v) is 10.3. The van der Waals surface area contributed by atoms with Crippen molar-refractivity contribution in [2.45, 2.75) is 19.9 Å². The highest BCUT2D eigenvalue weighted by atomic mass is 19.1. The van der Waals surface area contributed by atoms with Gasteiger partial charge in [-0.05, 0) is 13.8 Å². The molecule has 0 saturated carbocycles. The molecular weight excluding hydrogens is 263 g/mol. The van der Waals surface area contributed by atoms with E-state index < -0.39 is 47.5 Å². The minimum Gasteiger partial charge on any atom is -0.480 e. The van der Waals surface area contributed by atoms with Crippen LogP contribution in [0, 0.1) is 17.5 Å². The molecule has 0 aliphatic heterocycles. The number of carboxylic acids is 1. The van der Waals surface area contributed by atoms with E-state index in [1.807, 2.05) is 0 Å². The van der Waals surface area contributed by atoms with Crippen LogP contribution >= 0.6 is 0 Å². The summed E-state index contributed by atoms with van der Waals surface area (Å²) in [5.74, 6) is -6.32. The molecule has 1 aromatic carbocycles. The molecule has 1 amide bonds. The number of benzene rings is 1. The van der Waals surface area contributed by atoms with Gasteiger partial charge in [-0.1, -0.05) is 0 Å². The van der Waals surface area contributed by atoms with Crippen molar-refractivity contribution >= 4 is 11.9 Å². The van der Waals surface area contributed by atoms with Crippen molar-refractivity contribution in [3.8, 4) is 0 Å². The lowest BCUT2D eigenvalue weighted by Gasteiger charge is -2.25. The molecule has 0 saturated heterocycles. The van der Waals surface area contributed by atoms with Gasteiger partial charge in [-0.15, -0.1) is 0 Å². The lowest BCUT2D eigenvalue weighted by Crippen LogP contribution is -2.41. The Hall–Kier alpha value is -2.05. The van der Waals surface area contributed by atoms with Crippen molar-refractivity contribution in [1.82, 2.24) is 4.90 Å². The molecule has 1 N–H and O–H groups in total. The first-order chi connectivity index (χ1) is 8.73. The zero-order chi connectivity index (χ0) is 14.7. The molecule has 1 aromatic rings. The van der Waals surface area contributed by atoms with E-state index in [-0.39, 0.29) is 0 Å². The van der Waals surface area contributed by atoms with E-state index in [2.05, 4.69) is 0 Å². The van der Waals surface area contributed by atoms with Crippen LogP contribution in [0.3, 0.4) is 0 Å². The first-order valence-corrected chi connectivity index (χ1v) is 5.41. The number of carbonyl (C=O) groups is 2.